The van der Waals surface area contributed by atoms with Crippen LogP contribution in [0.15, 0.2) is 103 Å². The highest BCUT2D eigenvalue weighted by molar-refractivity contribution is 6.19. The summed E-state index contributed by atoms with van der Waals surface area (Å²) in [6, 6.07) is 22.4. The smallest absolute Gasteiger partial charge is 0.415 e. The number of amides is 10. The summed E-state index contributed by atoms with van der Waals surface area (Å²) < 4.78 is 28.2. The van der Waals surface area contributed by atoms with Gasteiger partial charge in [-0.1, -0.05) is 61.9 Å². The minimum atomic E-state index is -1.07. The van der Waals surface area contributed by atoms with Gasteiger partial charge in [0.15, 0.2) is 5.78 Å². The number of aromatic nitrogens is 2. The van der Waals surface area contributed by atoms with Gasteiger partial charge in [-0.25, -0.2) is 24.2 Å². The molecule has 0 bridgehead atoms. The number of ketones is 1. The molecule has 0 spiro atoms. The molecule has 504 valence electrons. The standard InChI is InChI=1S/C67H78ClN11O16/c1-40(2)59(75-65(88)93-28-25-78-55(82)19-20-56(78)83)53(81)34-45(9-7-21-70-64(69)87)62(85)72-48-17-13-43(14-18-48)39-94-66(89)76(5)22-23-77(24-27-91-30-31-92-29-26-80)67(90)95-54-35-52-58(57-42(4)8-6-10-50(54)57)47(36-68)38-79(52)63(86)51-33-46-32-49(37-71-60(46)74-51)73-61(84)44-15-11-41(3)12-16-44/h6,8,10-20,32-33,35,37,40,45,47,59,80H,7,9,21-31,34,36,38-39H2,1-5H3,(H,71,74)(H,72,85)(H,73,84)(H,75,88)(H3,69,70,87)/t45-,47-,59+/m1/s1. The molecule has 6 aromatic rings. The van der Waals surface area contributed by atoms with Gasteiger partial charge in [-0.3, -0.25) is 33.7 Å². The number of pyridine rings is 1. The largest absolute Gasteiger partial charge is 0.448 e. The molecule has 8 N–H and O–H groups in total. The molecule has 0 fully saturated rings. The first-order valence-corrected chi connectivity index (χ1v) is 31.5. The summed E-state index contributed by atoms with van der Waals surface area (Å²) in [5.41, 5.74) is 10.9. The minimum absolute atomic E-state index is 0.0154. The van der Waals surface area contributed by atoms with E-state index in [-0.39, 0.29) is 134 Å². The number of primary amides is 1. The van der Waals surface area contributed by atoms with Crippen molar-refractivity contribution in [1.29, 1.82) is 0 Å². The number of hydrogen-bond donors (Lipinski definition) is 7. The maximum atomic E-state index is 14.7. The van der Waals surface area contributed by atoms with Crippen molar-refractivity contribution in [3.05, 3.63) is 137 Å². The second-order valence-electron chi connectivity index (χ2n) is 23.2. The molecular formula is C67H78ClN11O16. The number of fused-ring (bicyclic) bond motifs is 4. The molecule has 27 nitrogen and oxygen atoms in total. The highest BCUT2D eigenvalue weighted by Crippen LogP contribution is 2.47. The minimum Gasteiger partial charge on any atom is -0.448 e. The van der Waals surface area contributed by atoms with Gasteiger partial charge in [0.2, 0.25) is 5.91 Å². The summed E-state index contributed by atoms with van der Waals surface area (Å²) >= 11 is 6.68. The number of carbonyl (C=O) groups excluding carboxylic acids is 10. The van der Waals surface area contributed by atoms with Gasteiger partial charge in [0.25, 0.3) is 23.6 Å². The van der Waals surface area contributed by atoms with Crippen LogP contribution in [0.25, 0.3) is 21.8 Å². The second-order valence-corrected chi connectivity index (χ2v) is 23.5. The number of H-pyrrole nitrogens is 1. The predicted molar refractivity (Wildman–Crippen MR) is 352 cm³/mol. The first kappa shape index (κ1) is 70.9. The van der Waals surface area contributed by atoms with E-state index in [1.165, 1.54) is 23.0 Å². The van der Waals surface area contributed by atoms with Crippen molar-refractivity contribution in [3.8, 4) is 5.75 Å². The molecular weight excluding hydrogens is 1250 g/mol. The van der Waals surface area contributed by atoms with Gasteiger partial charge < -0.3 is 75.5 Å². The van der Waals surface area contributed by atoms with Gasteiger partial charge in [-0.15, -0.1) is 11.6 Å². The SMILES string of the molecule is Cc1ccc(C(=O)Nc2cnc3[nH]c(C(=O)N4C[C@@H](CCl)c5c4cc(OC(=O)N(CCOCCOCCO)CCN(C)C(=O)OCc4ccc(NC(=O)[C@H](CCCNC(N)=O)CC(=O)[C@@H](NC(=O)OCCN6C(=O)C=CC6=O)C(C)C)cc4)c4cccc(C)c54)cc3c2)cc1. The first-order chi connectivity index (χ1) is 45.6. The first-order valence-electron chi connectivity index (χ1n) is 31.0. The number of aliphatic hydroxyl groups is 1. The van der Waals surface area contributed by atoms with Crippen LogP contribution >= 0.6 is 11.6 Å². The van der Waals surface area contributed by atoms with Gasteiger partial charge in [0.05, 0.1) is 63.2 Å². The molecule has 0 aliphatic carbocycles. The van der Waals surface area contributed by atoms with E-state index in [2.05, 4.69) is 31.2 Å². The fraction of sp³-hybridized carbons (Fsp3) is 0.388. The number of urea groups is 1. The Labute approximate surface area is 552 Å². The van der Waals surface area contributed by atoms with Crippen LogP contribution < -0.4 is 36.6 Å². The average Bonchev–Trinajstić information content (AvgIpc) is 1.63. The number of carbonyl (C=O) groups is 10. The van der Waals surface area contributed by atoms with E-state index in [0.29, 0.717) is 44.6 Å². The van der Waals surface area contributed by atoms with Crippen LogP contribution in [0.5, 0.6) is 5.75 Å². The molecule has 0 saturated heterocycles. The molecule has 8 rings (SSSR count). The number of Topliss-reactive ketones (excluding diaryl/α,β-unsaturated/α-hetero) is 1. The van der Waals surface area contributed by atoms with E-state index >= 15 is 0 Å². The lowest BCUT2D eigenvalue weighted by atomic mass is 9.89. The third-order valence-electron chi connectivity index (χ3n) is 15.9. The van der Waals surface area contributed by atoms with Crippen LogP contribution in [0, 0.1) is 25.7 Å². The fourth-order valence-electron chi connectivity index (χ4n) is 10.8. The summed E-state index contributed by atoms with van der Waals surface area (Å²) in [6.07, 6.45) is 1.36. The van der Waals surface area contributed by atoms with Gasteiger partial charge in [-0.05, 0) is 91.1 Å². The van der Waals surface area contributed by atoms with Gasteiger partial charge in [0.1, 0.15) is 30.3 Å². The van der Waals surface area contributed by atoms with Crippen molar-refractivity contribution in [3.63, 3.8) is 0 Å². The summed E-state index contributed by atoms with van der Waals surface area (Å²) in [5.74, 6) is -4.11. The van der Waals surface area contributed by atoms with Gasteiger partial charge >= 0.3 is 24.3 Å². The van der Waals surface area contributed by atoms with Crippen LogP contribution in [0.1, 0.15) is 82.1 Å². The number of nitrogens with zero attached hydrogens (tertiary/aromatic N) is 5. The van der Waals surface area contributed by atoms with Crippen molar-refractivity contribution < 1.29 is 76.7 Å². The number of benzene rings is 4. The number of aryl methyl sites for hydroxylation is 2. The topological polar surface area (TPSA) is 353 Å². The van der Waals surface area contributed by atoms with E-state index in [4.69, 9.17) is 46.1 Å². The monoisotopic (exact) mass is 1330 g/mol. The van der Waals surface area contributed by atoms with E-state index in [0.717, 1.165) is 39.1 Å². The van der Waals surface area contributed by atoms with Crippen LogP contribution in [0.3, 0.4) is 0 Å². The number of likely N-dealkylation sites (N-methyl/N-ethyl adjacent to an activating group) is 1. The summed E-state index contributed by atoms with van der Waals surface area (Å²) in [6.45, 7) is 7.22. The van der Waals surface area contributed by atoms with Crippen molar-refractivity contribution >= 4 is 110 Å². The molecule has 0 unspecified atom stereocenters. The number of alkyl carbamates (subject to hydrolysis) is 1. The summed E-state index contributed by atoms with van der Waals surface area (Å²) in [7, 11) is 1.50. The number of nitrogens with two attached hydrogens (primary N) is 1. The lowest BCUT2D eigenvalue weighted by Gasteiger charge is -2.26. The maximum Gasteiger partial charge on any atom is 0.415 e. The fourth-order valence-corrected chi connectivity index (χ4v) is 11.1. The number of aliphatic hydroxyl groups excluding tert-OH is 1. The number of aromatic amines is 1. The van der Waals surface area contributed by atoms with Crippen LogP contribution in [-0.2, 0) is 44.7 Å². The molecule has 2 aromatic heterocycles. The number of hydrogen-bond acceptors (Lipinski definition) is 17. The Balaban J connectivity index is 0.901. The molecule has 10 amide bonds. The third kappa shape index (κ3) is 19.1. The Kier molecular flexibility index (Phi) is 25.2. The van der Waals surface area contributed by atoms with Crippen molar-refractivity contribution in [2.45, 2.75) is 65.5 Å². The lowest BCUT2D eigenvalue weighted by molar-refractivity contribution is -0.137. The van der Waals surface area contributed by atoms with Crippen molar-refractivity contribution in [2.24, 2.45) is 17.6 Å². The van der Waals surface area contributed by atoms with Crippen LogP contribution in [-0.4, -0.2) is 187 Å². The highest BCUT2D eigenvalue weighted by Gasteiger charge is 2.37. The highest BCUT2D eigenvalue weighted by atomic mass is 35.5. The number of anilines is 3. The number of ether oxygens (including phenoxy) is 5. The molecule has 95 heavy (non-hydrogen) atoms. The third-order valence-corrected chi connectivity index (χ3v) is 16.3. The zero-order chi connectivity index (χ0) is 68.3. The normalized spacial score (nSPS) is 14.0. The number of rotatable bonds is 32. The molecule has 3 atom stereocenters. The van der Waals surface area contributed by atoms with E-state index in [1.54, 1.807) is 73.3 Å². The maximum absolute atomic E-state index is 14.7. The Hall–Kier alpha value is -9.96. The molecule has 0 radical (unpaired) electrons. The molecule has 28 heteroatoms. The van der Waals surface area contributed by atoms with Crippen LogP contribution in [0.2, 0.25) is 0 Å². The van der Waals surface area contributed by atoms with Gasteiger partial charge in [0, 0.05) is 104 Å². The molecule has 0 saturated carbocycles. The Morgan fingerprint density at radius 3 is 2.25 bits per heavy atom. The number of nitrogens with one attached hydrogen (secondary N) is 5. The van der Waals surface area contributed by atoms with E-state index < -0.39 is 71.6 Å². The van der Waals surface area contributed by atoms with Gasteiger partial charge in [-0.2, -0.15) is 0 Å². The Morgan fingerprint density at radius 1 is 0.832 bits per heavy atom. The van der Waals surface area contributed by atoms with E-state index in [9.17, 15) is 47.9 Å². The molecule has 2 aliphatic rings. The molecule has 4 heterocycles. The predicted octanol–water partition coefficient (Wildman–Crippen LogP) is 7.30. The quantitative estimate of drug-likeness (QED) is 0.0124. The second kappa shape index (κ2) is 33.7. The molecule has 4 aromatic carbocycles. The number of imide groups is 1. The Morgan fingerprint density at radius 2 is 1.56 bits per heavy atom. The van der Waals surface area contributed by atoms with Crippen molar-refractivity contribution in [1.82, 2.24) is 35.3 Å². The lowest BCUT2D eigenvalue weighted by Crippen LogP contribution is -2.46. The zero-order valence-electron chi connectivity index (χ0n) is 53.4. The molecule has 2 aliphatic heterocycles. The van der Waals surface area contributed by atoms with Crippen molar-refractivity contribution in [2.75, 3.05) is 107 Å². The number of halogens is 1. The van der Waals surface area contributed by atoms with E-state index in [1.807, 2.05) is 44.2 Å². The Bertz CT molecular complexity index is 3810. The van der Waals surface area contributed by atoms with Crippen LogP contribution in [0.4, 0.5) is 36.2 Å². The summed E-state index contributed by atoms with van der Waals surface area (Å²) in [4.78, 5) is 144. The average molecular weight is 1330 g/mol. The summed E-state index contributed by atoms with van der Waals surface area (Å²) in [5, 5.41) is 21.8. The zero-order valence-corrected chi connectivity index (χ0v) is 54.2. The number of alkyl halides is 1.